The molecule has 1 aromatic carbocycles. The largest absolute Gasteiger partial charge is 0.380 e. The van der Waals surface area contributed by atoms with Crippen LogP contribution >= 0.6 is 0 Å². The normalized spacial score (nSPS) is 10.6. The Labute approximate surface area is 108 Å². The molecule has 0 unspecified atom stereocenters. The summed E-state index contributed by atoms with van der Waals surface area (Å²) >= 11 is 0. The van der Waals surface area contributed by atoms with E-state index in [0.29, 0.717) is 18.5 Å². The van der Waals surface area contributed by atoms with Crippen LogP contribution in [0.3, 0.4) is 0 Å². The number of halogens is 1. The number of nitrogens with one attached hydrogen (secondary N) is 2. The van der Waals surface area contributed by atoms with Crippen molar-refractivity contribution >= 4 is 22.3 Å². The Hall–Kier alpha value is -2.28. The van der Waals surface area contributed by atoms with E-state index < -0.39 is 10.7 Å². The molecule has 0 amide bonds. The summed E-state index contributed by atoms with van der Waals surface area (Å²) in [6, 6.07) is 4.07. The maximum atomic E-state index is 13.9. The van der Waals surface area contributed by atoms with Gasteiger partial charge in [0, 0.05) is 19.3 Å². The summed E-state index contributed by atoms with van der Waals surface area (Å²) < 4.78 is 13.9. The molecular formula is C12H13FN4O2. The number of likely N-dealkylation sites (N-methyl/N-ethyl adjacent to an activating group) is 1. The van der Waals surface area contributed by atoms with E-state index in [1.807, 2.05) is 0 Å². The Kier molecular flexibility index (Phi) is 3.86. The van der Waals surface area contributed by atoms with Crippen LogP contribution < -0.4 is 10.6 Å². The van der Waals surface area contributed by atoms with Crippen LogP contribution in [-0.4, -0.2) is 30.0 Å². The molecule has 0 spiro atoms. The highest BCUT2D eigenvalue weighted by molar-refractivity contribution is 5.97. The first kappa shape index (κ1) is 13.2. The molecule has 2 rings (SSSR count). The van der Waals surface area contributed by atoms with Gasteiger partial charge < -0.3 is 10.6 Å². The van der Waals surface area contributed by atoms with E-state index in [1.54, 1.807) is 19.2 Å². The van der Waals surface area contributed by atoms with Crippen LogP contribution in [0, 0.1) is 15.9 Å². The molecule has 2 aromatic rings. The smallest absolute Gasteiger partial charge is 0.281 e. The van der Waals surface area contributed by atoms with E-state index in [9.17, 15) is 14.5 Å². The maximum Gasteiger partial charge on any atom is 0.281 e. The molecule has 0 aliphatic carbocycles. The topological polar surface area (TPSA) is 80.1 Å². The molecule has 0 fully saturated rings. The SMILES string of the molecule is CNCCNc1c(F)cc([N+](=O)[O-])c2cccnc12. The third-order valence-corrected chi connectivity index (χ3v) is 2.70. The fourth-order valence-electron chi connectivity index (χ4n) is 1.83. The van der Waals surface area contributed by atoms with Gasteiger partial charge in [-0.1, -0.05) is 0 Å². The number of pyridine rings is 1. The molecule has 19 heavy (non-hydrogen) atoms. The molecule has 0 saturated carbocycles. The quantitative estimate of drug-likeness (QED) is 0.490. The van der Waals surface area contributed by atoms with E-state index in [4.69, 9.17) is 0 Å². The third kappa shape index (κ3) is 2.60. The molecule has 1 aromatic heterocycles. The van der Waals surface area contributed by atoms with Crippen LogP contribution in [0.1, 0.15) is 0 Å². The zero-order chi connectivity index (χ0) is 13.8. The number of rotatable bonds is 5. The van der Waals surface area contributed by atoms with Crippen molar-refractivity contribution in [1.29, 1.82) is 0 Å². The Balaban J connectivity index is 2.55. The van der Waals surface area contributed by atoms with Gasteiger partial charge in [-0.25, -0.2) is 4.39 Å². The van der Waals surface area contributed by atoms with Gasteiger partial charge in [0.05, 0.1) is 22.1 Å². The van der Waals surface area contributed by atoms with Crippen LogP contribution in [0.5, 0.6) is 0 Å². The Morgan fingerprint density at radius 2 is 2.26 bits per heavy atom. The minimum absolute atomic E-state index is 0.191. The van der Waals surface area contributed by atoms with Crippen LogP contribution in [0.25, 0.3) is 10.9 Å². The van der Waals surface area contributed by atoms with E-state index in [2.05, 4.69) is 15.6 Å². The monoisotopic (exact) mass is 264 g/mol. The first-order valence-electron chi connectivity index (χ1n) is 5.75. The molecule has 1 heterocycles. The van der Waals surface area contributed by atoms with Gasteiger partial charge in [-0.15, -0.1) is 0 Å². The van der Waals surface area contributed by atoms with Crippen LogP contribution in [-0.2, 0) is 0 Å². The van der Waals surface area contributed by atoms with Gasteiger partial charge in [0.2, 0.25) is 0 Å². The second-order valence-electron chi connectivity index (χ2n) is 3.94. The summed E-state index contributed by atoms with van der Waals surface area (Å²) in [7, 11) is 1.78. The van der Waals surface area contributed by atoms with Gasteiger partial charge in [0.25, 0.3) is 5.69 Å². The summed E-state index contributed by atoms with van der Waals surface area (Å²) in [4.78, 5) is 14.3. The predicted octanol–water partition coefficient (Wildman–Crippen LogP) is 1.91. The van der Waals surface area contributed by atoms with E-state index in [1.165, 1.54) is 6.20 Å². The molecule has 0 atom stereocenters. The van der Waals surface area contributed by atoms with Crippen LogP contribution in [0.2, 0.25) is 0 Å². The minimum atomic E-state index is -0.672. The molecule has 0 aliphatic heterocycles. The molecule has 2 N–H and O–H groups in total. The number of nitro benzene ring substituents is 1. The predicted molar refractivity (Wildman–Crippen MR) is 70.8 cm³/mol. The standard InChI is InChI=1S/C12H13FN4O2/c1-14-5-6-16-12-9(13)7-10(17(18)19)8-3-2-4-15-11(8)12/h2-4,7,14,16H,5-6H2,1H3. The number of benzene rings is 1. The van der Waals surface area contributed by atoms with E-state index in [-0.39, 0.29) is 16.9 Å². The molecule has 6 nitrogen and oxygen atoms in total. The minimum Gasteiger partial charge on any atom is -0.380 e. The summed E-state index contributed by atoms with van der Waals surface area (Å²) in [5, 5.41) is 17.1. The second kappa shape index (κ2) is 5.57. The average Bonchev–Trinajstić information content (AvgIpc) is 2.40. The van der Waals surface area contributed by atoms with Crippen LogP contribution in [0.4, 0.5) is 15.8 Å². The number of nitro groups is 1. The molecule has 100 valence electrons. The number of fused-ring (bicyclic) bond motifs is 1. The summed E-state index contributed by atoms with van der Waals surface area (Å²) in [5.74, 6) is -0.672. The highest BCUT2D eigenvalue weighted by atomic mass is 19.1. The summed E-state index contributed by atoms with van der Waals surface area (Å²) in [6.45, 7) is 1.14. The number of aromatic nitrogens is 1. The zero-order valence-corrected chi connectivity index (χ0v) is 10.3. The third-order valence-electron chi connectivity index (χ3n) is 2.70. The fraction of sp³-hybridized carbons (Fsp3) is 0.250. The van der Waals surface area contributed by atoms with Crippen molar-refractivity contribution in [1.82, 2.24) is 10.3 Å². The lowest BCUT2D eigenvalue weighted by Crippen LogP contribution is -2.18. The zero-order valence-electron chi connectivity index (χ0n) is 10.3. The van der Waals surface area contributed by atoms with Crippen molar-refractivity contribution in [2.45, 2.75) is 0 Å². The first-order chi connectivity index (χ1) is 9.15. The number of hydrogen-bond acceptors (Lipinski definition) is 5. The highest BCUT2D eigenvalue weighted by Gasteiger charge is 2.19. The highest BCUT2D eigenvalue weighted by Crippen LogP contribution is 2.32. The van der Waals surface area contributed by atoms with E-state index >= 15 is 0 Å². The van der Waals surface area contributed by atoms with Crippen molar-refractivity contribution in [3.05, 3.63) is 40.3 Å². The average molecular weight is 264 g/mol. The van der Waals surface area contributed by atoms with Gasteiger partial charge in [-0.05, 0) is 19.2 Å². The first-order valence-corrected chi connectivity index (χ1v) is 5.75. The molecule has 7 heteroatoms. The molecular weight excluding hydrogens is 251 g/mol. The number of non-ortho nitro benzene ring substituents is 1. The molecule has 0 radical (unpaired) electrons. The second-order valence-corrected chi connectivity index (χ2v) is 3.94. The number of hydrogen-bond donors (Lipinski definition) is 2. The van der Waals surface area contributed by atoms with E-state index in [0.717, 1.165) is 6.07 Å². The van der Waals surface area contributed by atoms with Gasteiger partial charge >= 0.3 is 0 Å². The number of nitrogens with zero attached hydrogens (tertiary/aromatic N) is 2. The lowest BCUT2D eigenvalue weighted by Gasteiger charge is -2.10. The summed E-state index contributed by atoms with van der Waals surface area (Å²) in [5.41, 5.74) is 0.182. The van der Waals surface area contributed by atoms with Crippen LogP contribution in [0.15, 0.2) is 24.4 Å². The van der Waals surface area contributed by atoms with Gasteiger partial charge in [0.15, 0.2) is 5.82 Å². The molecule has 0 aliphatic rings. The van der Waals surface area contributed by atoms with Crippen molar-refractivity contribution in [3.63, 3.8) is 0 Å². The van der Waals surface area contributed by atoms with Gasteiger partial charge in [-0.2, -0.15) is 0 Å². The van der Waals surface area contributed by atoms with Gasteiger partial charge in [-0.3, -0.25) is 15.1 Å². The Morgan fingerprint density at radius 1 is 1.47 bits per heavy atom. The fourth-order valence-corrected chi connectivity index (χ4v) is 1.83. The maximum absolute atomic E-state index is 13.9. The van der Waals surface area contributed by atoms with Crippen molar-refractivity contribution in [2.24, 2.45) is 0 Å². The van der Waals surface area contributed by atoms with Gasteiger partial charge in [0.1, 0.15) is 5.52 Å². The summed E-state index contributed by atoms with van der Waals surface area (Å²) in [6.07, 6.45) is 1.48. The number of anilines is 1. The molecule has 0 saturated heterocycles. The Bertz CT molecular complexity index is 618. The lowest BCUT2D eigenvalue weighted by atomic mass is 10.1. The lowest BCUT2D eigenvalue weighted by molar-refractivity contribution is -0.383. The Morgan fingerprint density at radius 3 is 2.95 bits per heavy atom. The molecule has 0 bridgehead atoms. The van der Waals surface area contributed by atoms with Crippen molar-refractivity contribution < 1.29 is 9.31 Å². The van der Waals surface area contributed by atoms with Crippen molar-refractivity contribution in [3.8, 4) is 0 Å². The van der Waals surface area contributed by atoms with Crippen molar-refractivity contribution in [2.75, 3.05) is 25.5 Å².